The Labute approximate surface area is 211 Å². The van der Waals surface area contributed by atoms with E-state index in [1.54, 1.807) is 31.2 Å². The number of ketones is 2. The second kappa shape index (κ2) is 10.2. The summed E-state index contributed by atoms with van der Waals surface area (Å²) in [5.74, 6) is -1.58. The van der Waals surface area contributed by atoms with Crippen LogP contribution in [0.15, 0.2) is 65.0 Å². The van der Waals surface area contributed by atoms with Crippen molar-refractivity contribution >= 4 is 33.9 Å². The van der Waals surface area contributed by atoms with Gasteiger partial charge in [-0.3, -0.25) is 19.3 Å². The lowest BCUT2D eigenvalue weighted by molar-refractivity contribution is -0.117. The molecule has 10 heteroatoms. The van der Waals surface area contributed by atoms with Crippen molar-refractivity contribution in [2.75, 3.05) is 18.1 Å². The number of carbonyl (C=O) groups excluding carboxylic acids is 3. The van der Waals surface area contributed by atoms with Crippen LogP contribution in [-0.2, 0) is 4.79 Å². The molecule has 1 aromatic carbocycles. The van der Waals surface area contributed by atoms with Crippen LogP contribution < -0.4 is 14.4 Å². The molecular formula is C26H24N2O7S. The molecule has 9 nitrogen and oxygen atoms in total. The Morgan fingerprint density at radius 3 is 2.67 bits per heavy atom. The molecule has 4 rings (SSSR count). The number of aliphatic hydroxyl groups excluding tert-OH is 1. The molecule has 3 heterocycles. The molecule has 1 aliphatic heterocycles. The third-order valence-electron chi connectivity index (χ3n) is 5.45. The first-order chi connectivity index (χ1) is 17.3. The minimum atomic E-state index is -1.06. The summed E-state index contributed by atoms with van der Waals surface area (Å²) < 4.78 is 16.7. The molecular weight excluding hydrogens is 484 g/mol. The van der Waals surface area contributed by atoms with Crippen molar-refractivity contribution in [3.8, 4) is 11.5 Å². The molecule has 0 bridgehead atoms. The number of nitrogens with zero attached hydrogens (tertiary/aromatic N) is 2. The van der Waals surface area contributed by atoms with Crippen LogP contribution in [0.4, 0.5) is 5.13 Å². The molecule has 0 radical (unpaired) electrons. The van der Waals surface area contributed by atoms with Crippen LogP contribution in [0, 0.1) is 6.92 Å². The molecule has 0 saturated carbocycles. The van der Waals surface area contributed by atoms with Gasteiger partial charge in [0.25, 0.3) is 5.91 Å². The van der Waals surface area contributed by atoms with Gasteiger partial charge in [-0.2, -0.15) is 0 Å². The molecule has 1 amide bonds. The summed E-state index contributed by atoms with van der Waals surface area (Å²) in [5, 5.41) is 11.1. The molecule has 0 spiro atoms. The molecule has 3 aromatic rings. The Kier molecular flexibility index (Phi) is 7.07. The van der Waals surface area contributed by atoms with Crippen molar-refractivity contribution in [3.05, 3.63) is 82.5 Å². The van der Waals surface area contributed by atoms with Gasteiger partial charge in [0.15, 0.2) is 33.9 Å². The van der Waals surface area contributed by atoms with Gasteiger partial charge in [0.05, 0.1) is 35.1 Å². The Bertz CT molecular complexity index is 1370. The maximum absolute atomic E-state index is 13.4. The quantitative estimate of drug-likeness (QED) is 0.300. The summed E-state index contributed by atoms with van der Waals surface area (Å²) in [7, 11) is 0. The highest BCUT2D eigenvalue weighted by Gasteiger charge is 2.47. The summed E-state index contributed by atoms with van der Waals surface area (Å²) in [6.45, 7) is 9.12. The molecule has 0 saturated heterocycles. The summed E-state index contributed by atoms with van der Waals surface area (Å²) in [6.07, 6.45) is 2.93. The van der Waals surface area contributed by atoms with Gasteiger partial charge < -0.3 is 19.0 Å². The summed E-state index contributed by atoms with van der Waals surface area (Å²) in [6, 6.07) is 6.90. The van der Waals surface area contributed by atoms with Crippen LogP contribution in [0.25, 0.3) is 0 Å². The SMILES string of the molecule is C=CCOc1ccc(C2C(C(=O)c3ccco3)=C(O)C(=O)N2c2nc(C)c(C(C)=O)s2)cc1OCC. The van der Waals surface area contributed by atoms with Crippen molar-refractivity contribution in [2.45, 2.75) is 26.8 Å². The van der Waals surface area contributed by atoms with Crippen molar-refractivity contribution < 1.29 is 33.4 Å². The number of aryl methyl sites for hydroxylation is 1. The third kappa shape index (κ3) is 4.42. The number of ether oxygens (including phenoxy) is 2. The fourth-order valence-corrected chi connectivity index (χ4v) is 4.92. The Morgan fingerprint density at radius 2 is 2.06 bits per heavy atom. The first-order valence-electron chi connectivity index (χ1n) is 11.1. The van der Waals surface area contributed by atoms with E-state index in [1.807, 2.05) is 6.92 Å². The lowest BCUT2D eigenvalue weighted by atomic mass is 9.95. The molecule has 1 aliphatic rings. The molecule has 36 heavy (non-hydrogen) atoms. The molecule has 0 aliphatic carbocycles. The zero-order valence-electron chi connectivity index (χ0n) is 19.9. The summed E-state index contributed by atoms with van der Waals surface area (Å²) >= 11 is 1.01. The largest absolute Gasteiger partial charge is 0.503 e. The smallest absolute Gasteiger partial charge is 0.296 e. The van der Waals surface area contributed by atoms with Gasteiger partial charge in [0.2, 0.25) is 5.78 Å². The zero-order chi connectivity index (χ0) is 26.0. The third-order valence-corrected chi connectivity index (χ3v) is 6.71. The molecule has 0 fully saturated rings. The number of benzene rings is 1. The van der Waals surface area contributed by atoms with Crippen LogP contribution in [0.5, 0.6) is 11.5 Å². The highest BCUT2D eigenvalue weighted by Crippen LogP contribution is 2.45. The van der Waals surface area contributed by atoms with Crippen LogP contribution in [0.1, 0.15) is 51.4 Å². The fraction of sp³-hybridized carbons (Fsp3) is 0.231. The van der Waals surface area contributed by atoms with Crippen molar-refractivity contribution in [2.24, 2.45) is 0 Å². The number of rotatable bonds is 10. The summed E-state index contributed by atoms with van der Waals surface area (Å²) in [4.78, 5) is 44.8. The predicted molar refractivity (Wildman–Crippen MR) is 133 cm³/mol. The number of hydrogen-bond acceptors (Lipinski definition) is 9. The Morgan fingerprint density at radius 1 is 1.28 bits per heavy atom. The van der Waals surface area contributed by atoms with E-state index in [9.17, 15) is 19.5 Å². The Hall–Kier alpha value is -4.18. The summed E-state index contributed by atoms with van der Waals surface area (Å²) in [5.41, 5.74) is 0.742. The number of thiazole rings is 1. The molecule has 2 aromatic heterocycles. The van der Waals surface area contributed by atoms with E-state index in [4.69, 9.17) is 13.9 Å². The highest BCUT2D eigenvalue weighted by atomic mass is 32.1. The molecule has 186 valence electrons. The van der Waals surface area contributed by atoms with E-state index in [0.29, 0.717) is 34.2 Å². The normalized spacial score (nSPS) is 15.4. The van der Waals surface area contributed by atoms with Gasteiger partial charge >= 0.3 is 0 Å². The number of aliphatic hydroxyl groups is 1. The zero-order valence-corrected chi connectivity index (χ0v) is 20.8. The minimum Gasteiger partial charge on any atom is -0.503 e. The Balaban J connectivity index is 1.89. The van der Waals surface area contributed by atoms with E-state index < -0.39 is 23.5 Å². The van der Waals surface area contributed by atoms with Gasteiger partial charge in [0.1, 0.15) is 6.61 Å². The van der Waals surface area contributed by atoms with E-state index in [-0.39, 0.29) is 28.9 Å². The van der Waals surface area contributed by atoms with Crippen LogP contribution in [-0.4, -0.2) is 40.8 Å². The lowest BCUT2D eigenvalue weighted by Crippen LogP contribution is -2.31. The van der Waals surface area contributed by atoms with Gasteiger partial charge in [-0.05, 0) is 43.7 Å². The second-order valence-electron chi connectivity index (χ2n) is 7.85. The predicted octanol–water partition coefficient (Wildman–Crippen LogP) is 4.99. The highest BCUT2D eigenvalue weighted by molar-refractivity contribution is 7.17. The number of Topliss-reactive ketones (excluding diaryl/α,β-unsaturated/α-hetero) is 2. The first kappa shape index (κ1) is 24.9. The van der Waals surface area contributed by atoms with Crippen LogP contribution in [0.3, 0.4) is 0 Å². The maximum Gasteiger partial charge on any atom is 0.296 e. The van der Waals surface area contributed by atoms with Crippen molar-refractivity contribution in [1.82, 2.24) is 4.98 Å². The topological polar surface area (TPSA) is 119 Å². The van der Waals surface area contributed by atoms with Crippen molar-refractivity contribution in [3.63, 3.8) is 0 Å². The van der Waals surface area contributed by atoms with Gasteiger partial charge in [-0.1, -0.05) is 30.1 Å². The number of anilines is 1. The molecule has 1 unspecified atom stereocenters. The standard InChI is InChI=1S/C26H24N2O7S/c1-5-11-34-17-10-9-16(13-19(17)33-6-2)21-20(22(30)18-8-7-12-35-18)23(31)25(32)28(21)26-27-14(3)24(36-26)15(4)29/h5,7-10,12-13,21,31H,1,6,11H2,2-4H3. The van der Waals surface area contributed by atoms with E-state index >= 15 is 0 Å². The van der Waals surface area contributed by atoms with Crippen LogP contribution in [0.2, 0.25) is 0 Å². The average molecular weight is 509 g/mol. The number of carbonyl (C=O) groups is 3. The minimum absolute atomic E-state index is 0.0353. The lowest BCUT2D eigenvalue weighted by Gasteiger charge is -2.25. The molecule has 1 N–H and O–H groups in total. The van der Waals surface area contributed by atoms with Crippen LogP contribution >= 0.6 is 11.3 Å². The van der Waals surface area contributed by atoms with Crippen molar-refractivity contribution in [1.29, 1.82) is 0 Å². The second-order valence-corrected chi connectivity index (χ2v) is 8.83. The van der Waals surface area contributed by atoms with Gasteiger partial charge in [-0.25, -0.2) is 4.98 Å². The van der Waals surface area contributed by atoms with E-state index in [0.717, 1.165) is 11.3 Å². The van der Waals surface area contributed by atoms with Gasteiger partial charge in [-0.15, -0.1) is 0 Å². The first-order valence-corrected chi connectivity index (χ1v) is 11.9. The van der Waals surface area contributed by atoms with E-state index in [1.165, 1.54) is 30.2 Å². The number of hydrogen-bond donors (Lipinski definition) is 1. The fourth-order valence-electron chi connectivity index (χ4n) is 3.93. The van der Waals surface area contributed by atoms with Gasteiger partial charge in [0, 0.05) is 6.92 Å². The number of amides is 1. The number of furan rings is 1. The number of aromatic nitrogens is 1. The van der Waals surface area contributed by atoms with E-state index in [2.05, 4.69) is 11.6 Å². The average Bonchev–Trinajstić information content (AvgIpc) is 3.57. The maximum atomic E-state index is 13.4. The molecule has 1 atom stereocenters. The monoisotopic (exact) mass is 508 g/mol.